The van der Waals surface area contributed by atoms with Gasteiger partial charge in [0.2, 0.25) is 0 Å². The molecule has 0 spiro atoms. The molecule has 3 aromatic carbocycles. The fourth-order valence-electron chi connectivity index (χ4n) is 5.08. The molecule has 4 nitrogen and oxygen atoms in total. The van der Waals surface area contributed by atoms with Crippen LogP contribution in [0.2, 0.25) is 0 Å². The standard InChI is InChI=1S/C39H52O4/c1-4-6-7-8-9-10-11-12-13-14-15-16-17-32-18-20-33(21-19-32)34-22-24-36(25-23-34)39(41)43-37-28-26-35(27-29-37)38(40)42-30-31(3)5-2/h18-29,31H,4-17,30H2,1-3H3. The van der Waals surface area contributed by atoms with Crippen LogP contribution in [0.15, 0.2) is 72.8 Å². The Labute approximate surface area is 260 Å². The van der Waals surface area contributed by atoms with E-state index in [0.29, 0.717) is 29.4 Å². The molecule has 0 aliphatic heterocycles. The molecule has 0 aromatic heterocycles. The average Bonchev–Trinajstić information content (AvgIpc) is 3.04. The van der Waals surface area contributed by atoms with Gasteiger partial charge in [-0.1, -0.05) is 134 Å². The topological polar surface area (TPSA) is 52.6 Å². The Bertz CT molecular complexity index is 1200. The summed E-state index contributed by atoms with van der Waals surface area (Å²) in [6.07, 6.45) is 18.6. The second-order valence-electron chi connectivity index (χ2n) is 11.9. The molecule has 0 radical (unpaired) electrons. The van der Waals surface area contributed by atoms with E-state index in [1.54, 1.807) is 36.4 Å². The molecule has 1 unspecified atom stereocenters. The summed E-state index contributed by atoms with van der Waals surface area (Å²) < 4.78 is 10.8. The molecule has 0 heterocycles. The number of benzene rings is 3. The van der Waals surface area contributed by atoms with Gasteiger partial charge in [-0.3, -0.25) is 0 Å². The first-order chi connectivity index (χ1) is 21.0. The van der Waals surface area contributed by atoms with E-state index in [9.17, 15) is 9.59 Å². The zero-order chi connectivity index (χ0) is 30.7. The fourth-order valence-corrected chi connectivity index (χ4v) is 5.08. The Hall–Kier alpha value is -3.40. The minimum Gasteiger partial charge on any atom is -0.462 e. The molecule has 4 heteroatoms. The quantitative estimate of drug-likeness (QED) is 0.0753. The van der Waals surface area contributed by atoms with Crippen LogP contribution in [0.4, 0.5) is 0 Å². The second-order valence-corrected chi connectivity index (χ2v) is 11.9. The van der Waals surface area contributed by atoms with Crippen LogP contribution in [-0.2, 0) is 11.2 Å². The summed E-state index contributed by atoms with van der Waals surface area (Å²) in [5.41, 5.74) is 4.49. The fraction of sp³-hybridized carbons (Fsp3) is 0.487. The van der Waals surface area contributed by atoms with Gasteiger partial charge < -0.3 is 9.47 Å². The van der Waals surface area contributed by atoms with Crippen molar-refractivity contribution in [2.45, 2.75) is 111 Å². The molecule has 0 saturated heterocycles. The number of aryl methyl sites for hydroxylation is 1. The zero-order valence-corrected chi connectivity index (χ0v) is 26.7. The first kappa shape index (κ1) is 34.1. The van der Waals surface area contributed by atoms with Crippen LogP contribution in [0.3, 0.4) is 0 Å². The van der Waals surface area contributed by atoms with E-state index in [4.69, 9.17) is 9.47 Å². The highest BCUT2D eigenvalue weighted by atomic mass is 16.5. The number of hydrogen-bond donors (Lipinski definition) is 0. The molecule has 3 rings (SSSR count). The van der Waals surface area contributed by atoms with Crippen molar-refractivity contribution in [1.82, 2.24) is 0 Å². The Balaban J connectivity index is 1.35. The number of carbonyl (C=O) groups excluding carboxylic acids is 2. The molecular weight excluding hydrogens is 532 g/mol. The van der Waals surface area contributed by atoms with Gasteiger partial charge in [0.25, 0.3) is 0 Å². The van der Waals surface area contributed by atoms with Gasteiger partial charge in [-0.05, 0) is 71.8 Å². The van der Waals surface area contributed by atoms with Crippen molar-refractivity contribution in [1.29, 1.82) is 0 Å². The molecule has 232 valence electrons. The van der Waals surface area contributed by atoms with Gasteiger partial charge in [0.1, 0.15) is 5.75 Å². The van der Waals surface area contributed by atoms with Crippen LogP contribution >= 0.6 is 0 Å². The molecule has 0 aliphatic rings. The second kappa shape index (κ2) is 19.7. The Morgan fingerprint density at radius 3 is 1.58 bits per heavy atom. The van der Waals surface area contributed by atoms with E-state index >= 15 is 0 Å². The highest BCUT2D eigenvalue weighted by Crippen LogP contribution is 2.23. The number of carbonyl (C=O) groups is 2. The Kier molecular flexibility index (Phi) is 15.6. The van der Waals surface area contributed by atoms with Crippen LogP contribution in [0.25, 0.3) is 11.1 Å². The third kappa shape index (κ3) is 12.8. The molecule has 43 heavy (non-hydrogen) atoms. The van der Waals surface area contributed by atoms with Crippen LogP contribution in [0, 0.1) is 5.92 Å². The molecule has 0 saturated carbocycles. The molecule has 0 fully saturated rings. The lowest BCUT2D eigenvalue weighted by Gasteiger charge is -2.10. The van der Waals surface area contributed by atoms with Crippen LogP contribution in [0.1, 0.15) is 131 Å². The summed E-state index contributed by atoms with van der Waals surface area (Å²) in [5.74, 6) is -0.0947. The number of rotatable bonds is 20. The first-order valence-corrected chi connectivity index (χ1v) is 16.7. The van der Waals surface area contributed by atoms with Gasteiger partial charge >= 0.3 is 11.9 Å². The van der Waals surface area contributed by atoms with Gasteiger partial charge in [-0.25, -0.2) is 9.59 Å². The van der Waals surface area contributed by atoms with Crippen molar-refractivity contribution in [3.8, 4) is 16.9 Å². The predicted octanol–water partition coefficient (Wildman–Crippen LogP) is 11.0. The molecule has 0 amide bonds. The molecule has 0 aliphatic carbocycles. The Morgan fingerprint density at radius 1 is 0.581 bits per heavy atom. The van der Waals surface area contributed by atoms with Crippen molar-refractivity contribution in [3.05, 3.63) is 89.5 Å². The van der Waals surface area contributed by atoms with Gasteiger partial charge in [0.05, 0.1) is 17.7 Å². The molecule has 1 atom stereocenters. The maximum absolute atomic E-state index is 12.7. The highest BCUT2D eigenvalue weighted by molar-refractivity contribution is 5.92. The monoisotopic (exact) mass is 584 g/mol. The Morgan fingerprint density at radius 2 is 1.05 bits per heavy atom. The van der Waals surface area contributed by atoms with Crippen LogP contribution in [-0.4, -0.2) is 18.5 Å². The van der Waals surface area contributed by atoms with E-state index in [-0.39, 0.29) is 5.97 Å². The summed E-state index contributed by atoms with van der Waals surface area (Å²) in [7, 11) is 0. The van der Waals surface area contributed by atoms with Crippen molar-refractivity contribution in [2.75, 3.05) is 6.61 Å². The van der Waals surface area contributed by atoms with Gasteiger partial charge in [-0.2, -0.15) is 0 Å². The lowest BCUT2D eigenvalue weighted by Crippen LogP contribution is -2.12. The number of hydrogen-bond acceptors (Lipinski definition) is 4. The minimum absolute atomic E-state index is 0.323. The van der Waals surface area contributed by atoms with Crippen molar-refractivity contribution < 1.29 is 19.1 Å². The van der Waals surface area contributed by atoms with Crippen molar-refractivity contribution in [3.63, 3.8) is 0 Å². The first-order valence-electron chi connectivity index (χ1n) is 16.7. The average molecular weight is 585 g/mol. The zero-order valence-electron chi connectivity index (χ0n) is 26.7. The van der Waals surface area contributed by atoms with Gasteiger partial charge in [-0.15, -0.1) is 0 Å². The van der Waals surface area contributed by atoms with Crippen molar-refractivity contribution in [2.24, 2.45) is 5.92 Å². The largest absolute Gasteiger partial charge is 0.462 e. The minimum atomic E-state index is -0.434. The summed E-state index contributed by atoms with van der Waals surface area (Å²) in [6.45, 7) is 6.78. The SMILES string of the molecule is CCCCCCCCCCCCCCc1ccc(-c2ccc(C(=O)Oc3ccc(C(=O)OCC(C)CC)cc3)cc2)cc1. The third-order valence-electron chi connectivity index (χ3n) is 8.22. The third-order valence-corrected chi connectivity index (χ3v) is 8.22. The van der Waals surface area contributed by atoms with E-state index in [0.717, 1.165) is 24.0 Å². The molecule has 0 N–H and O–H groups in total. The summed E-state index contributed by atoms with van der Waals surface area (Å²) in [5, 5.41) is 0. The van der Waals surface area contributed by atoms with E-state index in [1.165, 1.54) is 82.6 Å². The van der Waals surface area contributed by atoms with Crippen LogP contribution in [0.5, 0.6) is 5.75 Å². The number of esters is 2. The van der Waals surface area contributed by atoms with E-state index < -0.39 is 5.97 Å². The van der Waals surface area contributed by atoms with Crippen molar-refractivity contribution >= 4 is 11.9 Å². The molecule has 3 aromatic rings. The number of ether oxygens (including phenoxy) is 2. The molecular formula is C39H52O4. The summed E-state index contributed by atoms with van der Waals surface area (Å²) in [4.78, 5) is 24.9. The van der Waals surface area contributed by atoms with Crippen LogP contribution < -0.4 is 4.74 Å². The lowest BCUT2D eigenvalue weighted by molar-refractivity contribution is 0.0447. The summed E-state index contributed by atoms with van der Waals surface area (Å²) >= 11 is 0. The maximum atomic E-state index is 12.7. The van der Waals surface area contributed by atoms with E-state index in [2.05, 4.69) is 38.1 Å². The summed E-state index contributed by atoms with van der Waals surface area (Å²) in [6, 6.07) is 22.7. The maximum Gasteiger partial charge on any atom is 0.343 e. The van der Waals surface area contributed by atoms with Gasteiger partial charge in [0.15, 0.2) is 0 Å². The predicted molar refractivity (Wildman–Crippen MR) is 178 cm³/mol. The normalized spacial score (nSPS) is 11.7. The highest BCUT2D eigenvalue weighted by Gasteiger charge is 2.12. The number of unbranched alkanes of at least 4 members (excludes halogenated alkanes) is 11. The van der Waals surface area contributed by atoms with Gasteiger partial charge in [0, 0.05) is 0 Å². The smallest absolute Gasteiger partial charge is 0.343 e. The molecule has 0 bridgehead atoms. The lowest BCUT2D eigenvalue weighted by atomic mass is 10.00. The van der Waals surface area contributed by atoms with E-state index in [1.807, 2.05) is 19.1 Å².